The largest absolute Gasteiger partial charge is 0.366 e. The minimum atomic E-state index is -0.506. The predicted molar refractivity (Wildman–Crippen MR) is 158 cm³/mol. The fourth-order valence-electron chi connectivity index (χ4n) is 5.06. The Kier molecular flexibility index (Phi) is 6.43. The van der Waals surface area contributed by atoms with Crippen LogP contribution in [0, 0.1) is 6.07 Å². The Hall–Kier alpha value is -4.38. The fraction of sp³-hybridized carbons (Fsp3) is 0.0303. The third kappa shape index (κ3) is 4.59. The first-order valence-corrected chi connectivity index (χ1v) is 13.1. The first-order chi connectivity index (χ1) is 18.9. The van der Waals surface area contributed by atoms with Crippen molar-refractivity contribution in [3.05, 3.63) is 141 Å². The van der Waals surface area contributed by atoms with Gasteiger partial charge < -0.3 is 10.3 Å². The number of nitrogens with zero attached hydrogens (tertiary/aromatic N) is 1. The SMILES string of the molecule is NC(=O)c1cccc2c1c1[c]cc(-c3ccc(Cl)cc3Cl)cc1n2Cc1cccc(C(=O)c2ccccc2)c1. The molecule has 6 heteroatoms. The minimum Gasteiger partial charge on any atom is -0.366 e. The number of fused-ring (bicyclic) bond motifs is 3. The monoisotopic (exact) mass is 547 g/mol. The highest BCUT2D eigenvalue weighted by Crippen LogP contribution is 2.37. The molecule has 0 fully saturated rings. The summed E-state index contributed by atoms with van der Waals surface area (Å²) in [6.07, 6.45) is 0. The standard InChI is InChI=1S/C33H21Cl2N2O2/c34-24-13-15-25(28(35)18-24)22-12-14-26-30(17-22)37(29-11-5-10-27(31(26)29)33(36)39)19-20-6-4-9-23(16-20)32(38)21-7-2-1-3-8-21/h1-13,15-18H,19H2,(H2,36,39). The maximum atomic E-state index is 13.1. The van der Waals surface area contributed by atoms with Gasteiger partial charge in [-0.25, -0.2) is 0 Å². The van der Waals surface area contributed by atoms with Gasteiger partial charge in [-0.15, -0.1) is 0 Å². The molecule has 0 aliphatic carbocycles. The summed E-state index contributed by atoms with van der Waals surface area (Å²) in [6, 6.07) is 35.0. The van der Waals surface area contributed by atoms with Gasteiger partial charge >= 0.3 is 0 Å². The van der Waals surface area contributed by atoms with E-state index in [-0.39, 0.29) is 5.78 Å². The molecule has 0 atom stereocenters. The van der Waals surface area contributed by atoms with Crippen molar-refractivity contribution in [2.24, 2.45) is 5.73 Å². The zero-order valence-corrected chi connectivity index (χ0v) is 22.1. The summed E-state index contributed by atoms with van der Waals surface area (Å²) in [5.41, 5.74) is 11.8. The minimum absolute atomic E-state index is 0.0383. The average molecular weight is 548 g/mol. The zero-order chi connectivity index (χ0) is 27.1. The molecule has 0 saturated heterocycles. The van der Waals surface area contributed by atoms with Gasteiger partial charge in [0.05, 0.1) is 11.0 Å². The lowest BCUT2D eigenvalue weighted by Gasteiger charge is -2.11. The third-order valence-electron chi connectivity index (χ3n) is 6.87. The van der Waals surface area contributed by atoms with Crippen molar-refractivity contribution in [3.63, 3.8) is 0 Å². The number of amides is 1. The molecule has 2 N–H and O–H groups in total. The van der Waals surface area contributed by atoms with Gasteiger partial charge in [0.1, 0.15) is 0 Å². The van der Waals surface area contributed by atoms with Crippen LogP contribution < -0.4 is 5.73 Å². The maximum absolute atomic E-state index is 13.1. The highest BCUT2D eigenvalue weighted by atomic mass is 35.5. The topological polar surface area (TPSA) is 65.1 Å². The van der Waals surface area contributed by atoms with Gasteiger partial charge in [-0.1, -0.05) is 83.9 Å². The van der Waals surface area contributed by atoms with E-state index in [1.54, 1.807) is 18.2 Å². The van der Waals surface area contributed by atoms with Crippen LogP contribution in [0.5, 0.6) is 0 Å². The first kappa shape index (κ1) is 24.9. The number of carbonyl (C=O) groups is 2. The number of hydrogen-bond acceptors (Lipinski definition) is 2. The lowest BCUT2D eigenvalue weighted by atomic mass is 10.0. The van der Waals surface area contributed by atoms with E-state index in [9.17, 15) is 9.59 Å². The third-order valence-corrected chi connectivity index (χ3v) is 7.42. The molecule has 0 aliphatic rings. The molecule has 1 amide bonds. The van der Waals surface area contributed by atoms with Crippen molar-refractivity contribution in [2.75, 3.05) is 0 Å². The molecule has 189 valence electrons. The average Bonchev–Trinajstić information content (AvgIpc) is 3.26. The predicted octanol–water partition coefficient (Wildman–Crippen LogP) is 7.95. The molecule has 1 aromatic heterocycles. The van der Waals surface area contributed by atoms with Crippen molar-refractivity contribution in [2.45, 2.75) is 6.54 Å². The summed E-state index contributed by atoms with van der Waals surface area (Å²) in [5.74, 6) is -0.544. The molecule has 4 nitrogen and oxygen atoms in total. The fourth-order valence-corrected chi connectivity index (χ4v) is 5.58. The number of aromatic nitrogens is 1. The lowest BCUT2D eigenvalue weighted by molar-refractivity contribution is 0.1000. The molecule has 39 heavy (non-hydrogen) atoms. The molecule has 0 aliphatic heterocycles. The number of primary amides is 1. The van der Waals surface area contributed by atoms with Crippen LogP contribution in [0.2, 0.25) is 10.0 Å². The summed E-state index contributed by atoms with van der Waals surface area (Å²) >= 11 is 12.7. The van der Waals surface area contributed by atoms with E-state index in [0.29, 0.717) is 33.3 Å². The Morgan fingerprint density at radius 3 is 2.33 bits per heavy atom. The molecule has 6 aromatic rings. The summed E-state index contributed by atoms with van der Waals surface area (Å²) in [7, 11) is 0. The highest BCUT2D eigenvalue weighted by molar-refractivity contribution is 6.36. The number of hydrogen-bond donors (Lipinski definition) is 1. The number of ketones is 1. The van der Waals surface area contributed by atoms with Gasteiger partial charge in [-0.05, 0) is 59.7 Å². The van der Waals surface area contributed by atoms with Crippen molar-refractivity contribution >= 4 is 56.7 Å². The second-order valence-electron chi connectivity index (χ2n) is 9.32. The highest BCUT2D eigenvalue weighted by Gasteiger charge is 2.19. The molecular weight excluding hydrogens is 527 g/mol. The smallest absolute Gasteiger partial charge is 0.249 e. The Labute approximate surface area is 235 Å². The van der Waals surface area contributed by atoms with Gasteiger partial charge in [0.2, 0.25) is 5.91 Å². The molecule has 0 saturated carbocycles. The van der Waals surface area contributed by atoms with E-state index in [4.69, 9.17) is 28.9 Å². The molecular formula is C33H21Cl2N2O2. The van der Waals surface area contributed by atoms with Crippen LogP contribution in [0.4, 0.5) is 0 Å². The number of carbonyl (C=O) groups excluding carboxylic acids is 2. The molecule has 0 bridgehead atoms. The molecule has 0 unspecified atom stereocenters. The van der Waals surface area contributed by atoms with Gasteiger partial charge in [-0.2, -0.15) is 0 Å². The Morgan fingerprint density at radius 2 is 1.56 bits per heavy atom. The van der Waals surface area contributed by atoms with Crippen LogP contribution in [0.15, 0.2) is 103 Å². The quantitative estimate of drug-likeness (QED) is 0.215. The normalized spacial score (nSPS) is 11.2. The van der Waals surface area contributed by atoms with Crippen LogP contribution in [-0.2, 0) is 6.54 Å². The van der Waals surface area contributed by atoms with Gasteiger partial charge in [0.25, 0.3) is 0 Å². The van der Waals surface area contributed by atoms with Crippen molar-refractivity contribution < 1.29 is 9.59 Å². The summed E-state index contributed by atoms with van der Waals surface area (Å²) in [5, 5.41) is 2.61. The van der Waals surface area contributed by atoms with E-state index in [0.717, 1.165) is 38.5 Å². The van der Waals surface area contributed by atoms with E-state index >= 15 is 0 Å². The van der Waals surface area contributed by atoms with Crippen LogP contribution in [0.25, 0.3) is 32.9 Å². The van der Waals surface area contributed by atoms with Crippen LogP contribution in [0.1, 0.15) is 31.8 Å². The number of nitrogens with two attached hydrogens (primary N) is 1. The molecule has 1 heterocycles. The van der Waals surface area contributed by atoms with E-state index in [2.05, 4.69) is 10.6 Å². The molecule has 5 aromatic carbocycles. The molecule has 6 rings (SSSR count). The summed E-state index contributed by atoms with van der Waals surface area (Å²) in [6.45, 7) is 0.462. The van der Waals surface area contributed by atoms with Gasteiger partial charge in [-0.3, -0.25) is 9.59 Å². The van der Waals surface area contributed by atoms with E-state index < -0.39 is 5.91 Å². The number of benzene rings is 5. The first-order valence-electron chi connectivity index (χ1n) is 12.3. The van der Waals surface area contributed by atoms with Crippen LogP contribution >= 0.6 is 23.2 Å². The zero-order valence-electron chi connectivity index (χ0n) is 20.6. The number of rotatable bonds is 6. The Morgan fingerprint density at radius 1 is 0.795 bits per heavy atom. The van der Waals surface area contributed by atoms with Crippen LogP contribution in [0.3, 0.4) is 0 Å². The van der Waals surface area contributed by atoms with Crippen molar-refractivity contribution in [3.8, 4) is 11.1 Å². The van der Waals surface area contributed by atoms with E-state index in [1.807, 2.05) is 84.9 Å². The maximum Gasteiger partial charge on any atom is 0.249 e. The second kappa shape index (κ2) is 10.1. The van der Waals surface area contributed by atoms with Gasteiger partial charge in [0, 0.05) is 49.6 Å². The van der Waals surface area contributed by atoms with Crippen molar-refractivity contribution in [1.82, 2.24) is 4.57 Å². The Bertz CT molecular complexity index is 1910. The number of halogens is 2. The summed E-state index contributed by atoms with van der Waals surface area (Å²) < 4.78 is 2.12. The van der Waals surface area contributed by atoms with E-state index in [1.165, 1.54) is 0 Å². The van der Waals surface area contributed by atoms with Gasteiger partial charge in [0.15, 0.2) is 5.78 Å². The van der Waals surface area contributed by atoms with Crippen molar-refractivity contribution in [1.29, 1.82) is 0 Å². The summed E-state index contributed by atoms with van der Waals surface area (Å²) in [4.78, 5) is 25.5. The lowest BCUT2D eigenvalue weighted by Crippen LogP contribution is -2.11. The molecule has 0 spiro atoms. The molecule has 1 radical (unpaired) electrons. The Balaban J connectivity index is 1.53. The van der Waals surface area contributed by atoms with Crippen LogP contribution in [-0.4, -0.2) is 16.3 Å². The second-order valence-corrected chi connectivity index (χ2v) is 10.2.